The van der Waals surface area contributed by atoms with Gasteiger partial charge in [-0.05, 0) is 54.4 Å². The Morgan fingerprint density at radius 1 is 0.946 bits per heavy atom. The highest BCUT2D eigenvalue weighted by atomic mass is 32.2. The number of fused-ring (bicyclic) bond motifs is 9. The van der Waals surface area contributed by atoms with Crippen LogP contribution in [0.25, 0.3) is 0 Å². The van der Waals surface area contributed by atoms with E-state index in [4.69, 9.17) is 0 Å². The summed E-state index contributed by atoms with van der Waals surface area (Å²) in [6, 6.07) is 12.8. The van der Waals surface area contributed by atoms with Gasteiger partial charge in [-0.25, -0.2) is 4.90 Å². The van der Waals surface area contributed by atoms with Crippen molar-refractivity contribution in [1.82, 2.24) is 4.98 Å². The smallest absolute Gasteiger partial charge is 0.307 e. The predicted molar refractivity (Wildman–Crippen MR) is 134 cm³/mol. The number of amides is 2. The maximum Gasteiger partial charge on any atom is 0.418 e. The number of rotatable bonds is 2. The molecule has 1 N–H and O–H groups in total. The van der Waals surface area contributed by atoms with Gasteiger partial charge in [0.15, 0.2) is 0 Å². The van der Waals surface area contributed by atoms with Gasteiger partial charge in [0.1, 0.15) is 0 Å². The minimum atomic E-state index is -4.69. The third kappa shape index (κ3) is 3.14. The zero-order valence-corrected chi connectivity index (χ0v) is 21.1. The molecule has 2 aromatic carbocycles. The monoisotopic (exact) mass is 542 g/mol. The molecule has 5 nitrogen and oxygen atoms in total. The van der Waals surface area contributed by atoms with Crippen molar-refractivity contribution in [3.05, 3.63) is 79.8 Å². The molecule has 0 spiro atoms. The van der Waals surface area contributed by atoms with Crippen LogP contribution < -0.4 is 9.77 Å². The van der Waals surface area contributed by atoms with Gasteiger partial charge in [-0.15, -0.1) is 11.8 Å². The molecule has 1 saturated heterocycles. The van der Waals surface area contributed by atoms with Gasteiger partial charge in [0.05, 0.1) is 28.1 Å². The van der Waals surface area contributed by atoms with Crippen molar-refractivity contribution in [3.8, 4) is 0 Å². The first-order valence-electron chi connectivity index (χ1n) is 12.2. The van der Waals surface area contributed by atoms with Crippen molar-refractivity contribution in [2.75, 3.05) is 4.90 Å². The number of hydrogen-bond donors (Lipinski definition) is 1. The van der Waals surface area contributed by atoms with E-state index < -0.39 is 35.4 Å². The molecule has 0 radical (unpaired) electrons. The number of nitrogens with one attached hydrogen (secondary N) is 1. The van der Waals surface area contributed by atoms with E-state index >= 15 is 0 Å². The number of anilines is 1. The number of carbonyl (C=O) groups is 2. The van der Waals surface area contributed by atoms with Gasteiger partial charge in [-0.3, -0.25) is 14.4 Å². The normalized spacial score (nSPS) is 32.0. The number of benzene rings is 2. The third-order valence-corrected chi connectivity index (χ3v) is 11.3. The second-order valence-corrected chi connectivity index (χ2v) is 12.5. The first-order valence-corrected chi connectivity index (χ1v) is 13.9. The van der Waals surface area contributed by atoms with E-state index in [0.717, 1.165) is 32.0 Å². The summed E-state index contributed by atoms with van der Waals surface area (Å²) in [5.74, 6) is -2.75. The number of aromatic amines is 1. The van der Waals surface area contributed by atoms with E-state index in [1.54, 1.807) is 11.8 Å². The van der Waals surface area contributed by atoms with Gasteiger partial charge in [-0.1, -0.05) is 47.7 Å². The van der Waals surface area contributed by atoms with Gasteiger partial charge < -0.3 is 4.98 Å². The predicted octanol–water partition coefficient (Wildman–Crippen LogP) is 5.44. The number of para-hydroxylation sites is 1. The zero-order valence-electron chi connectivity index (χ0n) is 19.5. The fourth-order valence-electron chi connectivity index (χ4n) is 7.45. The van der Waals surface area contributed by atoms with Crippen LogP contribution >= 0.6 is 23.1 Å². The molecular formula is C27H21F3N2O3S2. The largest absolute Gasteiger partial charge is 0.418 e. The third-order valence-electron chi connectivity index (χ3n) is 8.70. The number of carbonyl (C=O) groups excluding carboxylic acids is 2. The molecule has 7 rings (SSSR count). The molecule has 3 fully saturated rings. The fraction of sp³-hybridized carbons (Fsp3) is 0.370. The SMILES string of the molecule is Cc1ccccc1C1c2sc(=O)[nH]c2SC2C1[C@H]1C[C@@H]2C2C(=O)N(c3ccccc3C(F)(F)F)C(=O)C21. The Morgan fingerprint density at radius 2 is 1.62 bits per heavy atom. The highest BCUT2D eigenvalue weighted by molar-refractivity contribution is 8.00. The molecule has 5 unspecified atom stereocenters. The zero-order chi connectivity index (χ0) is 25.8. The Hall–Kier alpha value is -2.85. The molecule has 2 aliphatic carbocycles. The number of nitrogens with zero attached hydrogens (tertiary/aromatic N) is 1. The van der Waals surface area contributed by atoms with Gasteiger partial charge >= 0.3 is 11.0 Å². The average Bonchev–Trinajstić information content (AvgIpc) is 3.58. The first kappa shape index (κ1) is 23.3. The lowest BCUT2D eigenvalue weighted by atomic mass is 9.67. The lowest BCUT2D eigenvalue weighted by Gasteiger charge is -2.43. The van der Waals surface area contributed by atoms with Crippen LogP contribution in [-0.2, 0) is 15.8 Å². The summed E-state index contributed by atoms with van der Waals surface area (Å²) in [6.45, 7) is 2.03. The van der Waals surface area contributed by atoms with Crippen LogP contribution in [0.4, 0.5) is 18.9 Å². The Kier molecular flexibility index (Phi) is 4.93. The highest BCUT2D eigenvalue weighted by Crippen LogP contribution is 2.69. The number of aromatic nitrogens is 1. The van der Waals surface area contributed by atoms with Crippen LogP contribution in [0.2, 0.25) is 0 Å². The number of aryl methyl sites for hydroxylation is 1. The number of hydrogen-bond acceptors (Lipinski definition) is 5. The lowest BCUT2D eigenvalue weighted by molar-refractivity contribution is -0.137. The minimum absolute atomic E-state index is 0.00543. The number of H-pyrrole nitrogens is 1. The summed E-state index contributed by atoms with van der Waals surface area (Å²) < 4.78 is 41.4. The van der Waals surface area contributed by atoms with E-state index in [1.807, 2.05) is 25.1 Å². The summed E-state index contributed by atoms with van der Waals surface area (Å²) in [5.41, 5.74) is 0.815. The highest BCUT2D eigenvalue weighted by Gasteiger charge is 2.70. The van der Waals surface area contributed by atoms with E-state index in [1.165, 1.54) is 29.5 Å². The van der Waals surface area contributed by atoms with Crippen LogP contribution in [0.1, 0.15) is 33.9 Å². The second-order valence-electron chi connectivity index (χ2n) is 10.3. The molecule has 190 valence electrons. The van der Waals surface area contributed by atoms with Gasteiger partial charge in [-0.2, -0.15) is 13.2 Å². The van der Waals surface area contributed by atoms with Gasteiger partial charge in [0.2, 0.25) is 11.8 Å². The van der Waals surface area contributed by atoms with Crippen LogP contribution in [0.3, 0.4) is 0 Å². The van der Waals surface area contributed by atoms with Crippen LogP contribution in [0, 0.1) is 36.5 Å². The molecule has 2 amide bonds. The molecule has 37 heavy (non-hydrogen) atoms. The summed E-state index contributed by atoms with van der Waals surface area (Å²) >= 11 is 2.75. The number of alkyl halides is 3. The maximum absolute atomic E-state index is 13.8. The Labute approximate surface area is 218 Å². The van der Waals surface area contributed by atoms with E-state index in [0.29, 0.717) is 6.42 Å². The molecule has 7 atom stereocenters. The van der Waals surface area contributed by atoms with Crippen molar-refractivity contribution < 1.29 is 22.8 Å². The first-order chi connectivity index (χ1) is 17.7. The van der Waals surface area contributed by atoms with E-state index in [-0.39, 0.29) is 39.5 Å². The molecule has 3 aromatic rings. The van der Waals surface area contributed by atoms with E-state index in [9.17, 15) is 27.6 Å². The van der Waals surface area contributed by atoms with Crippen LogP contribution in [0.15, 0.2) is 58.4 Å². The van der Waals surface area contributed by atoms with Crippen LogP contribution in [-0.4, -0.2) is 22.0 Å². The molecule has 3 heterocycles. The van der Waals surface area contributed by atoms with Crippen molar-refractivity contribution in [1.29, 1.82) is 0 Å². The van der Waals surface area contributed by atoms with Crippen molar-refractivity contribution in [2.24, 2.45) is 29.6 Å². The summed E-state index contributed by atoms with van der Waals surface area (Å²) in [4.78, 5) is 44.4. The molecule has 2 aliphatic heterocycles. The average molecular weight is 543 g/mol. The Bertz CT molecular complexity index is 1530. The minimum Gasteiger partial charge on any atom is -0.307 e. The quantitative estimate of drug-likeness (QED) is 0.438. The summed E-state index contributed by atoms with van der Waals surface area (Å²) in [6.07, 6.45) is -4.00. The molecule has 1 aromatic heterocycles. The number of imide groups is 1. The maximum atomic E-state index is 13.8. The summed E-state index contributed by atoms with van der Waals surface area (Å²) in [7, 11) is 0. The number of halogens is 3. The Balaban J connectivity index is 1.34. The van der Waals surface area contributed by atoms with Gasteiger partial charge in [0, 0.05) is 16.0 Å². The fourth-order valence-corrected chi connectivity index (χ4v) is 10.3. The molecule has 2 bridgehead atoms. The Morgan fingerprint density at radius 3 is 2.35 bits per heavy atom. The standard InChI is InChI=1S/C27H21F3N2O3S2/c1-11-6-2-3-7-12(11)17-18-13-10-14(21(18)36-23-22(17)37-26(35)31-23)20-19(13)24(33)32(25(20)34)16-9-5-4-8-15(16)27(28,29)30/h2-9,13-14,17-21H,10H2,1H3,(H,31,35)/t13-,14-,17?,18?,19?,20?,21?/m1/s1. The molecular weight excluding hydrogens is 521 g/mol. The van der Waals surface area contributed by atoms with Crippen LogP contribution in [0.5, 0.6) is 0 Å². The van der Waals surface area contributed by atoms with Crippen molar-refractivity contribution in [3.63, 3.8) is 0 Å². The number of thioether (sulfide) groups is 1. The van der Waals surface area contributed by atoms with Crippen molar-refractivity contribution in [2.45, 2.75) is 35.7 Å². The van der Waals surface area contributed by atoms with Crippen molar-refractivity contribution >= 4 is 40.6 Å². The second kappa shape index (κ2) is 7.83. The topological polar surface area (TPSA) is 70.2 Å². The lowest BCUT2D eigenvalue weighted by Crippen LogP contribution is -2.42. The summed E-state index contributed by atoms with van der Waals surface area (Å²) in [5, 5.41) is 0.799. The van der Waals surface area contributed by atoms with E-state index in [2.05, 4.69) is 11.1 Å². The molecule has 10 heteroatoms. The number of thiazole rings is 1. The molecule has 4 aliphatic rings. The molecule has 2 saturated carbocycles. The van der Waals surface area contributed by atoms with Gasteiger partial charge in [0.25, 0.3) is 0 Å².